The lowest BCUT2D eigenvalue weighted by molar-refractivity contribution is -0.121. The molecule has 3 rings (SSSR count). The van der Waals surface area contributed by atoms with E-state index in [1.165, 1.54) is 12.5 Å². The van der Waals surface area contributed by atoms with Crippen LogP contribution in [-0.4, -0.2) is 53.7 Å². The van der Waals surface area contributed by atoms with Crippen LogP contribution in [-0.2, 0) is 4.79 Å². The molecule has 1 N–H and O–H groups in total. The molecule has 1 aromatic carbocycles. The molecule has 154 valence electrons. The Balaban J connectivity index is 1.59. The molecule has 1 atom stereocenters. The van der Waals surface area contributed by atoms with Gasteiger partial charge >= 0.3 is 0 Å². The van der Waals surface area contributed by atoms with Crippen LogP contribution in [0.1, 0.15) is 47.4 Å². The van der Waals surface area contributed by atoms with Gasteiger partial charge in [0, 0.05) is 37.4 Å². The Bertz CT molecular complexity index is 841. The minimum absolute atomic E-state index is 0.0199. The number of piperidine rings is 1. The van der Waals surface area contributed by atoms with Gasteiger partial charge in [-0.3, -0.25) is 14.4 Å². The zero-order valence-electron chi connectivity index (χ0n) is 16.9. The second-order valence-corrected chi connectivity index (χ2v) is 7.15. The van der Waals surface area contributed by atoms with E-state index in [0.717, 1.165) is 12.8 Å². The molecule has 1 fully saturated rings. The topological polar surface area (TPSA) is 82.9 Å². The Kier molecular flexibility index (Phi) is 6.69. The molecular weight excluding hydrogens is 370 g/mol. The highest BCUT2D eigenvalue weighted by molar-refractivity contribution is 5.97. The van der Waals surface area contributed by atoms with Crippen molar-refractivity contribution in [2.24, 2.45) is 5.92 Å². The van der Waals surface area contributed by atoms with E-state index in [1.807, 2.05) is 13.8 Å². The molecule has 1 saturated heterocycles. The lowest BCUT2D eigenvalue weighted by atomic mass is 9.96. The van der Waals surface area contributed by atoms with Gasteiger partial charge in [-0.05, 0) is 57.0 Å². The van der Waals surface area contributed by atoms with Crippen LogP contribution in [0.15, 0.2) is 47.3 Å². The van der Waals surface area contributed by atoms with Gasteiger partial charge in [-0.25, -0.2) is 0 Å². The van der Waals surface area contributed by atoms with E-state index < -0.39 is 0 Å². The minimum Gasteiger partial charge on any atom is -0.472 e. The Hall–Kier alpha value is -3.09. The number of rotatable bonds is 6. The summed E-state index contributed by atoms with van der Waals surface area (Å²) in [5.74, 6) is -0.516. The van der Waals surface area contributed by atoms with Crippen molar-refractivity contribution < 1.29 is 18.8 Å². The predicted molar refractivity (Wildman–Crippen MR) is 110 cm³/mol. The van der Waals surface area contributed by atoms with Crippen LogP contribution in [0, 0.1) is 5.92 Å². The molecule has 7 heteroatoms. The van der Waals surface area contributed by atoms with Crippen LogP contribution in [0.2, 0.25) is 0 Å². The third-order valence-electron chi connectivity index (χ3n) is 5.30. The molecule has 2 aromatic rings. The van der Waals surface area contributed by atoms with Crippen molar-refractivity contribution in [1.82, 2.24) is 9.80 Å². The molecule has 7 nitrogen and oxygen atoms in total. The summed E-state index contributed by atoms with van der Waals surface area (Å²) in [6.45, 7) is 6.22. The zero-order chi connectivity index (χ0) is 20.8. The Labute approximate surface area is 170 Å². The van der Waals surface area contributed by atoms with Crippen molar-refractivity contribution in [1.29, 1.82) is 0 Å². The van der Waals surface area contributed by atoms with Crippen molar-refractivity contribution in [2.45, 2.75) is 26.7 Å². The van der Waals surface area contributed by atoms with E-state index >= 15 is 0 Å². The van der Waals surface area contributed by atoms with E-state index in [4.69, 9.17) is 4.42 Å². The van der Waals surface area contributed by atoms with Crippen molar-refractivity contribution in [3.05, 3.63) is 54.0 Å². The third-order valence-corrected chi connectivity index (χ3v) is 5.30. The Morgan fingerprint density at radius 1 is 1.10 bits per heavy atom. The molecule has 1 aliphatic rings. The van der Waals surface area contributed by atoms with Crippen LogP contribution in [0.5, 0.6) is 0 Å². The van der Waals surface area contributed by atoms with E-state index in [9.17, 15) is 14.4 Å². The first-order valence-corrected chi connectivity index (χ1v) is 10.0. The first kappa shape index (κ1) is 20.6. The molecule has 0 bridgehead atoms. The van der Waals surface area contributed by atoms with Crippen molar-refractivity contribution >= 4 is 23.4 Å². The summed E-state index contributed by atoms with van der Waals surface area (Å²) in [5, 5.41) is 2.91. The molecule has 0 spiro atoms. The predicted octanol–water partition coefficient (Wildman–Crippen LogP) is 3.25. The molecule has 1 aromatic heterocycles. The molecule has 0 unspecified atom stereocenters. The van der Waals surface area contributed by atoms with Crippen LogP contribution >= 0.6 is 0 Å². The summed E-state index contributed by atoms with van der Waals surface area (Å²) < 4.78 is 4.98. The molecule has 0 aliphatic carbocycles. The van der Waals surface area contributed by atoms with E-state index in [-0.39, 0.29) is 23.6 Å². The van der Waals surface area contributed by atoms with Crippen LogP contribution < -0.4 is 5.32 Å². The number of benzene rings is 1. The fourth-order valence-corrected chi connectivity index (χ4v) is 3.58. The molecule has 29 heavy (non-hydrogen) atoms. The van der Waals surface area contributed by atoms with Gasteiger partial charge in [0.25, 0.3) is 11.8 Å². The number of nitrogens with one attached hydrogen (secondary N) is 1. The van der Waals surface area contributed by atoms with Crippen LogP contribution in [0.25, 0.3) is 0 Å². The first-order valence-electron chi connectivity index (χ1n) is 10.0. The van der Waals surface area contributed by atoms with Crippen molar-refractivity contribution in [2.75, 3.05) is 31.5 Å². The van der Waals surface area contributed by atoms with E-state index in [0.29, 0.717) is 43.0 Å². The Morgan fingerprint density at radius 3 is 2.45 bits per heavy atom. The van der Waals surface area contributed by atoms with Gasteiger partial charge in [0.1, 0.15) is 6.26 Å². The standard InChI is InChI=1S/C22H27N3O4/c1-3-24(4-2)21(27)16-7-9-19(10-8-16)23-20(26)17-6-5-12-25(14-17)22(28)18-11-13-29-15-18/h7-11,13,15,17H,3-6,12,14H2,1-2H3,(H,23,26)/t17-/m0/s1. The smallest absolute Gasteiger partial charge is 0.257 e. The van der Waals surface area contributed by atoms with Gasteiger partial charge in [-0.2, -0.15) is 0 Å². The summed E-state index contributed by atoms with van der Waals surface area (Å²) in [7, 11) is 0. The van der Waals surface area contributed by atoms with Gasteiger partial charge in [0.05, 0.1) is 17.7 Å². The lowest BCUT2D eigenvalue weighted by Crippen LogP contribution is -2.43. The van der Waals surface area contributed by atoms with Crippen molar-refractivity contribution in [3.8, 4) is 0 Å². The fraction of sp³-hybridized carbons (Fsp3) is 0.409. The van der Waals surface area contributed by atoms with Crippen LogP contribution in [0.4, 0.5) is 5.69 Å². The quantitative estimate of drug-likeness (QED) is 0.811. The zero-order valence-corrected chi connectivity index (χ0v) is 16.9. The molecule has 0 radical (unpaired) electrons. The number of hydrogen-bond acceptors (Lipinski definition) is 4. The highest BCUT2D eigenvalue weighted by atomic mass is 16.3. The number of likely N-dealkylation sites (tertiary alicyclic amines) is 1. The molecular formula is C22H27N3O4. The summed E-state index contributed by atoms with van der Waals surface area (Å²) in [6, 6.07) is 8.57. The van der Waals surface area contributed by atoms with Crippen LogP contribution in [0.3, 0.4) is 0 Å². The fourth-order valence-electron chi connectivity index (χ4n) is 3.58. The average Bonchev–Trinajstić information content (AvgIpc) is 3.29. The Morgan fingerprint density at radius 2 is 1.83 bits per heavy atom. The van der Waals surface area contributed by atoms with E-state index in [1.54, 1.807) is 40.1 Å². The highest BCUT2D eigenvalue weighted by Crippen LogP contribution is 2.21. The lowest BCUT2D eigenvalue weighted by Gasteiger charge is -2.31. The maximum Gasteiger partial charge on any atom is 0.257 e. The van der Waals surface area contributed by atoms with Gasteiger partial charge < -0.3 is 19.5 Å². The third kappa shape index (κ3) is 4.85. The first-order chi connectivity index (χ1) is 14.0. The normalized spacial score (nSPS) is 16.3. The molecule has 1 aliphatic heterocycles. The SMILES string of the molecule is CCN(CC)C(=O)c1ccc(NC(=O)[C@H]2CCCN(C(=O)c3ccoc3)C2)cc1. The van der Waals surface area contributed by atoms with Gasteiger partial charge in [0.15, 0.2) is 0 Å². The van der Waals surface area contributed by atoms with Crippen molar-refractivity contribution in [3.63, 3.8) is 0 Å². The molecule has 3 amide bonds. The summed E-state index contributed by atoms with van der Waals surface area (Å²) in [4.78, 5) is 41.0. The summed E-state index contributed by atoms with van der Waals surface area (Å²) >= 11 is 0. The second-order valence-electron chi connectivity index (χ2n) is 7.15. The molecule has 0 saturated carbocycles. The second kappa shape index (κ2) is 9.41. The highest BCUT2D eigenvalue weighted by Gasteiger charge is 2.29. The van der Waals surface area contributed by atoms with Gasteiger partial charge in [0.2, 0.25) is 5.91 Å². The largest absolute Gasteiger partial charge is 0.472 e. The van der Waals surface area contributed by atoms with Gasteiger partial charge in [-0.1, -0.05) is 0 Å². The number of anilines is 1. The number of amides is 3. The number of nitrogens with zero attached hydrogens (tertiary/aromatic N) is 2. The summed E-state index contributed by atoms with van der Waals surface area (Å²) in [5.41, 5.74) is 1.74. The molecule has 2 heterocycles. The maximum absolute atomic E-state index is 12.7. The average molecular weight is 397 g/mol. The monoisotopic (exact) mass is 397 g/mol. The maximum atomic E-state index is 12.7. The number of carbonyl (C=O) groups is 3. The minimum atomic E-state index is -0.267. The number of carbonyl (C=O) groups excluding carboxylic acids is 3. The van der Waals surface area contributed by atoms with Gasteiger partial charge in [-0.15, -0.1) is 0 Å². The number of furan rings is 1. The van der Waals surface area contributed by atoms with E-state index in [2.05, 4.69) is 5.32 Å². The number of hydrogen-bond donors (Lipinski definition) is 1. The summed E-state index contributed by atoms with van der Waals surface area (Å²) in [6.07, 6.45) is 4.40.